The molecule has 0 saturated heterocycles. The van der Waals surface area contributed by atoms with E-state index in [2.05, 4.69) is 12.2 Å². The van der Waals surface area contributed by atoms with Gasteiger partial charge in [0.15, 0.2) is 0 Å². The van der Waals surface area contributed by atoms with Crippen LogP contribution in [-0.2, 0) is 6.42 Å². The van der Waals surface area contributed by atoms with E-state index >= 15 is 0 Å². The minimum Gasteiger partial charge on any atom is -0.478 e. The van der Waals surface area contributed by atoms with Crippen LogP contribution in [0.1, 0.15) is 52.2 Å². The van der Waals surface area contributed by atoms with E-state index in [9.17, 15) is 4.79 Å². The third-order valence-corrected chi connectivity index (χ3v) is 3.67. The van der Waals surface area contributed by atoms with E-state index in [-0.39, 0.29) is 0 Å². The Labute approximate surface area is 94.6 Å². The molecule has 0 amide bonds. The lowest BCUT2D eigenvalue weighted by Gasteiger charge is -2.29. The molecule has 3 rings (SSSR count). The van der Waals surface area contributed by atoms with Gasteiger partial charge in [0.2, 0.25) is 0 Å². The molecule has 2 heteroatoms. The van der Waals surface area contributed by atoms with Crippen LogP contribution in [0.15, 0.2) is 18.2 Å². The van der Waals surface area contributed by atoms with E-state index in [1.165, 1.54) is 24.0 Å². The second-order valence-corrected chi connectivity index (χ2v) is 4.67. The summed E-state index contributed by atoms with van der Waals surface area (Å²) in [4.78, 5) is 11.0. The van der Waals surface area contributed by atoms with Gasteiger partial charge in [-0.1, -0.05) is 12.2 Å². The first-order chi connectivity index (χ1) is 7.75. The number of aryl methyl sites for hydroxylation is 1. The molecule has 0 radical (unpaired) electrons. The molecule has 82 valence electrons. The van der Waals surface area contributed by atoms with Crippen LogP contribution in [0.4, 0.5) is 0 Å². The largest absolute Gasteiger partial charge is 0.478 e. The highest BCUT2D eigenvalue weighted by Crippen LogP contribution is 2.40. The van der Waals surface area contributed by atoms with Gasteiger partial charge in [0.05, 0.1) is 5.56 Å². The number of hydrogen-bond donors (Lipinski definition) is 1. The first-order valence-corrected chi connectivity index (χ1v) is 5.82. The fraction of sp³-hybridized carbons (Fsp3) is 0.357. The Morgan fingerprint density at radius 3 is 3.06 bits per heavy atom. The van der Waals surface area contributed by atoms with E-state index in [1.54, 1.807) is 0 Å². The van der Waals surface area contributed by atoms with Crippen molar-refractivity contribution in [3.63, 3.8) is 0 Å². The summed E-state index contributed by atoms with van der Waals surface area (Å²) in [5.74, 6) is -0.188. The molecule has 0 bridgehead atoms. The van der Waals surface area contributed by atoms with E-state index < -0.39 is 5.97 Å². The quantitative estimate of drug-likeness (QED) is 0.779. The predicted octanol–water partition coefficient (Wildman–Crippen LogP) is 3.22. The molecule has 0 saturated carbocycles. The number of carboxylic acids is 1. The molecule has 2 aliphatic carbocycles. The summed E-state index contributed by atoms with van der Waals surface area (Å²) in [6.45, 7) is 0. The first-order valence-electron chi connectivity index (χ1n) is 5.82. The lowest BCUT2D eigenvalue weighted by Crippen LogP contribution is -2.15. The van der Waals surface area contributed by atoms with Crippen LogP contribution in [0, 0.1) is 0 Å². The van der Waals surface area contributed by atoms with Crippen molar-refractivity contribution in [1.82, 2.24) is 0 Å². The van der Waals surface area contributed by atoms with Crippen molar-refractivity contribution < 1.29 is 9.90 Å². The van der Waals surface area contributed by atoms with Gasteiger partial charge >= 0.3 is 5.97 Å². The van der Waals surface area contributed by atoms with Crippen molar-refractivity contribution in [2.45, 2.75) is 31.6 Å². The molecule has 16 heavy (non-hydrogen) atoms. The molecular weight excluding hydrogens is 200 g/mol. The van der Waals surface area contributed by atoms with Gasteiger partial charge in [0.1, 0.15) is 0 Å². The molecule has 0 aliphatic heterocycles. The highest BCUT2D eigenvalue weighted by Gasteiger charge is 2.25. The van der Waals surface area contributed by atoms with Gasteiger partial charge < -0.3 is 5.11 Å². The molecule has 2 aliphatic rings. The third kappa shape index (κ3) is 1.37. The molecule has 2 nitrogen and oxygen atoms in total. The third-order valence-electron chi connectivity index (χ3n) is 3.67. The Balaban J connectivity index is 2.22. The summed E-state index contributed by atoms with van der Waals surface area (Å²) in [5, 5.41) is 9.07. The molecule has 1 atom stereocenters. The Kier molecular flexibility index (Phi) is 2.10. The number of carbonyl (C=O) groups is 1. The fourth-order valence-corrected chi connectivity index (χ4v) is 2.98. The van der Waals surface area contributed by atoms with Gasteiger partial charge in [0.25, 0.3) is 0 Å². The standard InChI is InChI=1S/C14H14O2/c15-14(16)12-7-10-5-1-3-9-4-2-6-11(8-12)13(9)10/h1,5,7-9H,2-4,6H2,(H,15,16). The van der Waals surface area contributed by atoms with E-state index in [0.717, 1.165) is 18.4 Å². The molecular formula is C14H14O2. The van der Waals surface area contributed by atoms with Crippen molar-refractivity contribution in [2.24, 2.45) is 0 Å². The molecule has 0 aromatic heterocycles. The van der Waals surface area contributed by atoms with Crippen molar-refractivity contribution in [1.29, 1.82) is 0 Å². The topological polar surface area (TPSA) is 37.3 Å². The van der Waals surface area contributed by atoms with Crippen LogP contribution in [-0.4, -0.2) is 11.1 Å². The Bertz CT molecular complexity index is 486. The maximum absolute atomic E-state index is 11.0. The lowest BCUT2D eigenvalue weighted by atomic mass is 9.75. The summed E-state index contributed by atoms with van der Waals surface area (Å²) in [7, 11) is 0. The number of carboxylic acid groups (broad SMARTS) is 1. The average Bonchev–Trinajstić information content (AvgIpc) is 2.29. The van der Waals surface area contributed by atoms with E-state index in [4.69, 9.17) is 5.11 Å². The molecule has 1 aromatic carbocycles. The SMILES string of the molecule is O=C(O)c1cc2c3c(c1)CCCC3CC=C2. The molecule has 0 fully saturated rings. The fourth-order valence-electron chi connectivity index (χ4n) is 2.98. The summed E-state index contributed by atoms with van der Waals surface area (Å²) in [5.41, 5.74) is 4.24. The monoisotopic (exact) mass is 214 g/mol. The van der Waals surface area contributed by atoms with Crippen molar-refractivity contribution in [3.8, 4) is 0 Å². The number of aromatic carboxylic acids is 1. The van der Waals surface area contributed by atoms with Crippen LogP contribution in [0.2, 0.25) is 0 Å². The normalized spacial score (nSPS) is 21.6. The summed E-state index contributed by atoms with van der Waals surface area (Å²) < 4.78 is 0. The van der Waals surface area contributed by atoms with Gasteiger partial charge in [0, 0.05) is 0 Å². The first kappa shape index (κ1) is 9.64. The minimum absolute atomic E-state index is 0.431. The van der Waals surface area contributed by atoms with Crippen molar-refractivity contribution in [2.75, 3.05) is 0 Å². The van der Waals surface area contributed by atoms with Crippen LogP contribution >= 0.6 is 0 Å². The minimum atomic E-state index is -0.819. The smallest absolute Gasteiger partial charge is 0.335 e. The van der Waals surface area contributed by atoms with Crippen LogP contribution in [0.3, 0.4) is 0 Å². The highest BCUT2D eigenvalue weighted by atomic mass is 16.4. The maximum Gasteiger partial charge on any atom is 0.335 e. The zero-order chi connectivity index (χ0) is 11.1. The van der Waals surface area contributed by atoms with Gasteiger partial charge in [-0.05, 0) is 60.4 Å². The van der Waals surface area contributed by atoms with E-state index in [0.29, 0.717) is 11.5 Å². The summed E-state index contributed by atoms with van der Waals surface area (Å²) >= 11 is 0. The molecule has 1 aromatic rings. The molecule has 1 unspecified atom stereocenters. The second kappa shape index (κ2) is 3.48. The van der Waals surface area contributed by atoms with Crippen LogP contribution < -0.4 is 0 Å². The maximum atomic E-state index is 11.0. The second-order valence-electron chi connectivity index (χ2n) is 4.67. The van der Waals surface area contributed by atoms with Crippen LogP contribution in [0.5, 0.6) is 0 Å². The van der Waals surface area contributed by atoms with Crippen molar-refractivity contribution >= 4 is 12.0 Å². The zero-order valence-corrected chi connectivity index (χ0v) is 9.07. The lowest BCUT2D eigenvalue weighted by molar-refractivity contribution is 0.0696. The molecule has 1 N–H and O–H groups in total. The zero-order valence-electron chi connectivity index (χ0n) is 9.07. The highest BCUT2D eigenvalue weighted by molar-refractivity contribution is 5.89. The molecule has 0 spiro atoms. The number of benzene rings is 1. The van der Waals surface area contributed by atoms with Crippen molar-refractivity contribution in [3.05, 3.63) is 40.5 Å². The number of rotatable bonds is 1. The van der Waals surface area contributed by atoms with Gasteiger partial charge in [-0.15, -0.1) is 0 Å². The van der Waals surface area contributed by atoms with Gasteiger partial charge in [-0.2, -0.15) is 0 Å². The Morgan fingerprint density at radius 1 is 1.38 bits per heavy atom. The summed E-state index contributed by atoms with van der Waals surface area (Å²) in [6, 6.07) is 3.68. The molecule has 0 heterocycles. The number of allylic oxidation sites excluding steroid dienone is 1. The summed E-state index contributed by atoms with van der Waals surface area (Å²) in [6.07, 6.45) is 8.84. The predicted molar refractivity (Wildman–Crippen MR) is 62.7 cm³/mol. The Morgan fingerprint density at radius 2 is 2.25 bits per heavy atom. The van der Waals surface area contributed by atoms with E-state index in [1.807, 2.05) is 12.1 Å². The Hall–Kier alpha value is -1.57. The van der Waals surface area contributed by atoms with Gasteiger partial charge in [-0.3, -0.25) is 0 Å². The number of hydrogen-bond acceptors (Lipinski definition) is 1. The van der Waals surface area contributed by atoms with Gasteiger partial charge in [-0.25, -0.2) is 4.79 Å². The van der Waals surface area contributed by atoms with Crippen LogP contribution in [0.25, 0.3) is 6.08 Å². The average molecular weight is 214 g/mol.